The maximum atomic E-state index is 12.6. The van der Waals surface area contributed by atoms with E-state index in [1.165, 1.54) is 5.57 Å². The molecule has 1 rings (SSSR count). The van der Waals surface area contributed by atoms with Crippen LogP contribution in [0.25, 0.3) is 0 Å². The van der Waals surface area contributed by atoms with E-state index in [0.29, 0.717) is 41.1 Å². The standard InChI is InChI=1S/C24H38O3/c1-15(2)14-16(3)10-12-23(7,8)24(9,27)13-11-20-19(6)21(25)17(4)18(5)22(20)26/h10,15,27H,11-14H2,1-9H3/b16-10+. The highest BCUT2D eigenvalue weighted by Crippen LogP contribution is 2.40. The number of rotatable bonds is 8. The van der Waals surface area contributed by atoms with Gasteiger partial charge in [-0.15, -0.1) is 0 Å². The van der Waals surface area contributed by atoms with Crippen LogP contribution in [0.4, 0.5) is 0 Å². The lowest BCUT2D eigenvalue weighted by Gasteiger charge is -2.40. The van der Waals surface area contributed by atoms with E-state index in [0.717, 1.165) is 12.8 Å². The number of ketones is 2. The van der Waals surface area contributed by atoms with Crippen molar-refractivity contribution in [1.29, 1.82) is 0 Å². The van der Waals surface area contributed by atoms with Crippen molar-refractivity contribution >= 4 is 11.6 Å². The maximum Gasteiger partial charge on any atom is 0.185 e. The van der Waals surface area contributed by atoms with Crippen LogP contribution in [-0.2, 0) is 9.59 Å². The number of carbonyl (C=O) groups is 2. The first-order valence-electron chi connectivity index (χ1n) is 10.1. The highest BCUT2D eigenvalue weighted by molar-refractivity contribution is 6.24. The lowest BCUT2D eigenvalue weighted by molar-refractivity contribution is -0.116. The highest BCUT2D eigenvalue weighted by atomic mass is 16.3. The molecule has 3 heteroatoms. The molecule has 0 aromatic carbocycles. The Kier molecular flexibility index (Phi) is 7.58. The van der Waals surface area contributed by atoms with Crippen LogP contribution >= 0.6 is 0 Å². The second-order valence-corrected chi connectivity index (χ2v) is 9.52. The summed E-state index contributed by atoms with van der Waals surface area (Å²) in [5.74, 6) is 0.522. The van der Waals surface area contributed by atoms with Gasteiger partial charge in [0.25, 0.3) is 0 Å². The Balaban J connectivity index is 2.91. The predicted octanol–water partition coefficient (Wildman–Crippen LogP) is 5.73. The van der Waals surface area contributed by atoms with Crippen LogP contribution in [0.1, 0.15) is 88.0 Å². The van der Waals surface area contributed by atoms with Crippen molar-refractivity contribution in [3.05, 3.63) is 33.9 Å². The second-order valence-electron chi connectivity index (χ2n) is 9.52. The van der Waals surface area contributed by atoms with Crippen LogP contribution in [0.2, 0.25) is 0 Å². The van der Waals surface area contributed by atoms with E-state index in [4.69, 9.17) is 0 Å². The first-order chi connectivity index (χ1) is 12.2. The Bertz CT molecular complexity index is 697. The summed E-state index contributed by atoms with van der Waals surface area (Å²) in [5, 5.41) is 11.2. The summed E-state index contributed by atoms with van der Waals surface area (Å²) in [7, 11) is 0. The minimum Gasteiger partial charge on any atom is -0.390 e. The second kappa shape index (κ2) is 8.68. The van der Waals surface area contributed by atoms with E-state index in [9.17, 15) is 14.7 Å². The zero-order valence-electron chi connectivity index (χ0n) is 18.7. The Morgan fingerprint density at radius 2 is 1.52 bits per heavy atom. The largest absolute Gasteiger partial charge is 0.390 e. The van der Waals surface area contributed by atoms with Gasteiger partial charge in [-0.3, -0.25) is 9.59 Å². The quantitative estimate of drug-likeness (QED) is 0.436. The number of hydrogen-bond donors (Lipinski definition) is 1. The maximum absolute atomic E-state index is 12.6. The summed E-state index contributed by atoms with van der Waals surface area (Å²) in [6.07, 6.45) is 4.94. The van der Waals surface area contributed by atoms with Crippen molar-refractivity contribution in [1.82, 2.24) is 0 Å². The van der Waals surface area contributed by atoms with Gasteiger partial charge in [-0.05, 0) is 71.6 Å². The third-order valence-corrected chi connectivity index (χ3v) is 6.32. The molecule has 0 aliphatic heterocycles. The van der Waals surface area contributed by atoms with Gasteiger partial charge in [-0.1, -0.05) is 39.3 Å². The first kappa shape index (κ1) is 23.6. The minimum atomic E-state index is -0.942. The Hall–Kier alpha value is -1.48. The van der Waals surface area contributed by atoms with Crippen molar-refractivity contribution in [3.8, 4) is 0 Å². The molecule has 0 heterocycles. The molecule has 1 unspecified atom stereocenters. The molecular weight excluding hydrogens is 336 g/mol. The van der Waals surface area contributed by atoms with E-state index >= 15 is 0 Å². The molecule has 0 saturated heterocycles. The molecule has 27 heavy (non-hydrogen) atoms. The molecule has 0 saturated carbocycles. The van der Waals surface area contributed by atoms with Crippen molar-refractivity contribution < 1.29 is 14.7 Å². The fraction of sp³-hybridized carbons (Fsp3) is 0.667. The molecule has 152 valence electrons. The van der Waals surface area contributed by atoms with E-state index in [1.54, 1.807) is 20.8 Å². The fourth-order valence-corrected chi connectivity index (χ4v) is 3.54. The van der Waals surface area contributed by atoms with E-state index in [-0.39, 0.29) is 17.0 Å². The third kappa shape index (κ3) is 5.51. The molecule has 0 bridgehead atoms. The smallest absolute Gasteiger partial charge is 0.185 e. The van der Waals surface area contributed by atoms with Crippen LogP contribution < -0.4 is 0 Å². The molecule has 0 spiro atoms. The summed E-state index contributed by atoms with van der Waals surface area (Å²) < 4.78 is 0. The van der Waals surface area contributed by atoms with Crippen molar-refractivity contribution in [2.75, 3.05) is 0 Å². The molecule has 0 aromatic heterocycles. The van der Waals surface area contributed by atoms with Gasteiger partial charge >= 0.3 is 0 Å². The van der Waals surface area contributed by atoms with E-state index < -0.39 is 5.60 Å². The van der Waals surface area contributed by atoms with Gasteiger partial charge in [0.1, 0.15) is 0 Å². The van der Waals surface area contributed by atoms with Crippen LogP contribution in [0.3, 0.4) is 0 Å². The molecule has 1 N–H and O–H groups in total. The van der Waals surface area contributed by atoms with Gasteiger partial charge in [-0.25, -0.2) is 0 Å². The normalized spacial score (nSPS) is 19.3. The minimum absolute atomic E-state index is 0.0479. The number of aliphatic hydroxyl groups is 1. The molecule has 0 fully saturated rings. The van der Waals surface area contributed by atoms with Gasteiger partial charge < -0.3 is 5.11 Å². The summed E-state index contributed by atoms with van der Waals surface area (Å²) in [5.41, 5.74) is 2.24. The lowest BCUT2D eigenvalue weighted by atomic mass is 9.70. The van der Waals surface area contributed by atoms with Crippen LogP contribution in [0.5, 0.6) is 0 Å². The summed E-state index contributed by atoms with van der Waals surface area (Å²) >= 11 is 0. The van der Waals surface area contributed by atoms with Crippen molar-refractivity contribution in [2.24, 2.45) is 11.3 Å². The summed E-state index contributed by atoms with van der Waals surface area (Å²) in [4.78, 5) is 25.0. The molecule has 3 nitrogen and oxygen atoms in total. The summed E-state index contributed by atoms with van der Waals surface area (Å²) in [6, 6.07) is 0. The average molecular weight is 375 g/mol. The fourth-order valence-electron chi connectivity index (χ4n) is 3.54. The van der Waals surface area contributed by atoms with E-state index in [2.05, 4.69) is 40.7 Å². The van der Waals surface area contributed by atoms with Gasteiger partial charge in [0, 0.05) is 22.3 Å². The molecule has 0 aromatic rings. The number of Topliss-reactive ketones (excluding diaryl/α,β-unsaturated/α-hetero) is 2. The van der Waals surface area contributed by atoms with Crippen molar-refractivity contribution in [2.45, 2.75) is 93.6 Å². The lowest BCUT2D eigenvalue weighted by Crippen LogP contribution is -2.42. The molecular formula is C24H38O3. The van der Waals surface area contributed by atoms with Crippen LogP contribution in [-0.4, -0.2) is 22.3 Å². The van der Waals surface area contributed by atoms with Gasteiger partial charge in [-0.2, -0.15) is 0 Å². The average Bonchev–Trinajstić information content (AvgIpc) is 2.55. The van der Waals surface area contributed by atoms with Crippen molar-refractivity contribution in [3.63, 3.8) is 0 Å². The van der Waals surface area contributed by atoms with Gasteiger partial charge in [0.2, 0.25) is 0 Å². The van der Waals surface area contributed by atoms with E-state index in [1.807, 2.05) is 6.92 Å². The number of hydrogen-bond acceptors (Lipinski definition) is 3. The zero-order chi connectivity index (χ0) is 21.2. The predicted molar refractivity (Wildman–Crippen MR) is 113 cm³/mol. The topological polar surface area (TPSA) is 54.4 Å². The Labute approximate surface area is 165 Å². The number of allylic oxidation sites excluding steroid dienone is 6. The first-order valence-corrected chi connectivity index (χ1v) is 10.1. The Morgan fingerprint density at radius 3 is 2.04 bits per heavy atom. The number of carbonyl (C=O) groups excluding carboxylic acids is 2. The van der Waals surface area contributed by atoms with Crippen LogP contribution in [0, 0.1) is 11.3 Å². The molecule has 1 aliphatic carbocycles. The van der Waals surface area contributed by atoms with Gasteiger partial charge in [0.15, 0.2) is 11.6 Å². The third-order valence-electron chi connectivity index (χ3n) is 6.32. The Morgan fingerprint density at radius 1 is 1.00 bits per heavy atom. The monoisotopic (exact) mass is 374 g/mol. The molecule has 0 radical (unpaired) electrons. The molecule has 0 amide bonds. The SMILES string of the molecule is CC1=C(C)C(=O)C(CCC(C)(O)C(C)(C)C/C=C(\C)CC(C)C)=C(C)C1=O. The molecule has 1 atom stereocenters. The van der Waals surface area contributed by atoms with Gasteiger partial charge in [0.05, 0.1) is 5.60 Å². The van der Waals surface area contributed by atoms with Crippen LogP contribution in [0.15, 0.2) is 33.9 Å². The molecule has 1 aliphatic rings. The zero-order valence-corrected chi connectivity index (χ0v) is 18.7. The highest BCUT2D eigenvalue weighted by Gasteiger charge is 2.39. The summed E-state index contributed by atoms with van der Waals surface area (Å²) in [6.45, 7) is 17.7.